The predicted molar refractivity (Wildman–Crippen MR) is 101 cm³/mol. The third-order valence-electron chi connectivity index (χ3n) is 3.39. The van der Waals surface area contributed by atoms with Gasteiger partial charge < -0.3 is 24.8 Å². The first-order valence-electron chi connectivity index (χ1n) is 8.43. The van der Waals surface area contributed by atoms with Crippen molar-refractivity contribution in [3.8, 4) is 11.5 Å². The number of methoxy groups -OCH3 is 2. The van der Waals surface area contributed by atoms with Crippen LogP contribution in [0.5, 0.6) is 11.5 Å². The summed E-state index contributed by atoms with van der Waals surface area (Å²) in [5.41, 5.74) is 0.786. The fourth-order valence-corrected chi connectivity index (χ4v) is 2.32. The SMILES string of the molecule is [CH2]CC(=O)Nc1cc(OC)c(C[C@H](C)NC(=O)OC(C)(C)C)cc1OC. The van der Waals surface area contributed by atoms with Gasteiger partial charge in [-0.3, -0.25) is 4.79 Å². The summed E-state index contributed by atoms with van der Waals surface area (Å²) < 4.78 is 16.0. The summed E-state index contributed by atoms with van der Waals surface area (Å²) in [6.07, 6.45) is 0.141. The van der Waals surface area contributed by atoms with E-state index in [1.165, 1.54) is 7.11 Å². The van der Waals surface area contributed by atoms with Crippen molar-refractivity contribution in [3.63, 3.8) is 0 Å². The van der Waals surface area contributed by atoms with Crippen molar-refractivity contribution < 1.29 is 23.8 Å². The number of rotatable bonds is 7. The van der Waals surface area contributed by atoms with Crippen molar-refractivity contribution >= 4 is 17.7 Å². The lowest BCUT2D eigenvalue weighted by Crippen LogP contribution is -2.38. The second kappa shape index (κ2) is 9.31. The van der Waals surface area contributed by atoms with E-state index >= 15 is 0 Å². The minimum absolute atomic E-state index is 0.115. The number of benzene rings is 1. The zero-order chi connectivity index (χ0) is 19.9. The minimum atomic E-state index is -0.557. The summed E-state index contributed by atoms with van der Waals surface area (Å²) in [5.74, 6) is 0.869. The molecule has 0 bridgehead atoms. The molecule has 1 aromatic carbocycles. The number of hydrogen-bond acceptors (Lipinski definition) is 5. The molecule has 0 fully saturated rings. The van der Waals surface area contributed by atoms with Crippen molar-refractivity contribution in [1.82, 2.24) is 5.32 Å². The van der Waals surface area contributed by atoms with Gasteiger partial charge in [0, 0.05) is 18.5 Å². The molecular formula is C19H29N2O5. The van der Waals surface area contributed by atoms with E-state index in [9.17, 15) is 9.59 Å². The van der Waals surface area contributed by atoms with Crippen molar-refractivity contribution in [1.29, 1.82) is 0 Å². The molecular weight excluding hydrogens is 336 g/mol. The smallest absolute Gasteiger partial charge is 0.407 e. The van der Waals surface area contributed by atoms with Crippen LogP contribution in [0.15, 0.2) is 12.1 Å². The number of amides is 2. The molecule has 1 rings (SSSR count). The zero-order valence-electron chi connectivity index (χ0n) is 16.4. The summed E-state index contributed by atoms with van der Waals surface area (Å²) in [7, 11) is 3.07. The van der Waals surface area contributed by atoms with Gasteiger partial charge in [0.15, 0.2) is 0 Å². The molecule has 2 N–H and O–H groups in total. The van der Waals surface area contributed by atoms with Gasteiger partial charge in [-0.05, 0) is 52.7 Å². The molecule has 0 aromatic heterocycles. The molecule has 0 saturated heterocycles. The Bertz CT molecular complexity index is 638. The standard InChI is InChI=1S/C19H29N2O5/c1-8-17(22)21-14-11-15(24-6)13(10-16(14)25-7)9-12(2)20-18(23)26-19(3,4)5/h10-12H,1,8-9H2,2-7H3,(H,20,23)(H,21,22)/t12-/m0/s1. The van der Waals surface area contributed by atoms with E-state index in [2.05, 4.69) is 17.6 Å². The monoisotopic (exact) mass is 365 g/mol. The Kier molecular flexibility index (Phi) is 7.74. The highest BCUT2D eigenvalue weighted by Gasteiger charge is 2.19. The topological polar surface area (TPSA) is 85.9 Å². The zero-order valence-corrected chi connectivity index (χ0v) is 16.4. The van der Waals surface area contributed by atoms with Crippen LogP contribution in [0.4, 0.5) is 10.5 Å². The van der Waals surface area contributed by atoms with Crippen LogP contribution in [0.2, 0.25) is 0 Å². The lowest BCUT2D eigenvalue weighted by Gasteiger charge is -2.22. The van der Waals surface area contributed by atoms with Crippen LogP contribution < -0.4 is 20.1 Å². The fourth-order valence-electron chi connectivity index (χ4n) is 2.32. The lowest BCUT2D eigenvalue weighted by atomic mass is 10.0. The number of nitrogens with one attached hydrogen (secondary N) is 2. The molecule has 1 radical (unpaired) electrons. The second-order valence-corrected chi connectivity index (χ2v) is 6.91. The average Bonchev–Trinajstić information content (AvgIpc) is 2.53. The largest absolute Gasteiger partial charge is 0.496 e. The van der Waals surface area contributed by atoms with Crippen LogP contribution in [0.3, 0.4) is 0 Å². The number of carbonyl (C=O) groups excluding carboxylic acids is 2. The first-order valence-corrected chi connectivity index (χ1v) is 8.43. The molecule has 26 heavy (non-hydrogen) atoms. The number of hydrogen-bond donors (Lipinski definition) is 2. The highest BCUT2D eigenvalue weighted by atomic mass is 16.6. The van der Waals surface area contributed by atoms with Crippen molar-refractivity contribution in [3.05, 3.63) is 24.6 Å². The van der Waals surface area contributed by atoms with E-state index in [0.717, 1.165) is 5.56 Å². The van der Waals surface area contributed by atoms with Gasteiger partial charge in [0.05, 0.1) is 19.9 Å². The quantitative estimate of drug-likeness (QED) is 0.774. The first-order chi connectivity index (χ1) is 12.1. The van der Waals surface area contributed by atoms with Gasteiger partial charge in [-0.15, -0.1) is 0 Å². The maximum Gasteiger partial charge on any atom is 0.407 e. The molecule has 7 heteroatoms. The minimum Gasteiger partial charge on any atom is -0.496 e. The summed E-state index contributed by atoms with van der Waals surface area (Å²) in [4.78, 5) is 23.5. The molecule has 0 aliphatic heterocycles. The molecule has 145 valence electrons. The number of carbonyl (C=O) groups is 2. The lowest BCUT2D eigenvalue weighted by molar-refractivity contribution is -0.115. The maximum absolute atomic E-state index is 11.9. The van der Waals surface area contributed by atoms with E-state index in [-0.39, 0.29) is 18.4 Å². The van der Waals surface area contributed by atoms with Crippen molar-refractivity contribution in [2.75, 3.05) is 19.5 Å². The Hall–Kier alpha value is -2.44. The van der Waals surface area contributed by atoms with Crippen LogP contribution in [0.25, 0.3) is 0 Å². The Morgan fingerprint density at radius 3 is 2.27 bits per heavy atom. The molecule has 0 aliphatic carbocycles. The average molecular weight is 365 g/mol. The summed E-state index contributed by atoms with van der Waals surface area (Å²) in [6.45, 7) is 10.9. The van der Waals surface area contributed by atoms with E-state index < -0.39 is 11.7 Å². The molecule has 1 aromatic rings. The Morgan fingerprint density at radius 2 is 1.77 bits per heavy atom. The van der Waals surface area contributed by atoms with Crippen LogP contribution in [-0.2, 0) is 16.0 Å². The molecule has 0 aliphatic rings. The summed E-state index contributed by atoms with van der Waals surface area (Å²) >= 11 is 0. The van der Waals surface area contributed by atoms with Crippen LogP contribution in [0.1, 0.15) is 39.7 Å². The maximum atomic E-state index is 11.9. The van der Waals surface area contributed by atoms with Gasteiger partial charge in [0.2, 0.25) is 5.91 Å². The molecule has 7 nitrogen and oxygen atoms in total. The Labute approximate surface area is 155 Å². The van der Waals surface area contributed by atoms with Crippen molar-refractivity contribution in [2.45, 2.75) is 52.2 Å². The second-order valence-electron chi connectivity index (χ2n) is 6.91. The summed E-state index contributed by atoms with van der Waals surface area (Å²) in [5, 5.41) is 5.52. The normalized spacial score (nSPS) is 12.1. The van der Waals surface area contributed by atoms with Crippen LogP contribution in [0, 0.1) is 6.92 Å². The highest BCUT2D eigenvalue weighted by Crippen LogP contribution is 2.33. The highest BCUT2D eigenvalue weighted by molar-refractivity contribution is 5.93. The third kappa shape index (κ3) is 6.82. The van der Waals surface area contributed by atoms with E-state index in [1.54, 1.807) is 19.2 Å². The molecule has 0 unspecified atom stereocenters. The molecule has 0 saturated carbocycles. The molecule has 1 atom stereocenters. The van der Waals surface area contributed by atoms with E-state index in [1.807, 2.05) is 27.7 Å². The van der Waals surface area contributed by atoms with Gasteiger partial charge in [-0.2, -0.15) is 0 Å². The van der Waals surface area contributed by atoms with Crippen LogP contribution >= 0.6 is 0 Å². The first kappa shape index (κ1) is 21.6. The Morgan fingerprint density at radius 1 is 1.15 bits per heavy atom. The van der Waals surface area contributed by atoms with Gasteiger partial charge >= 0.3 is 6.09 Å². The van der Waals surface area contributed by atoms with Gasteiger partial charge in [-0.25, -0.2) is 4.79 Å². The number of anilines is 1. The van der Waals surface area contributed by atoms with Gasteiger partial charge in [0.25, 0.3) is 0 Å². The number of ether oxygens (including phenoxy) is 3. The van der Waals surface area contributed by atoms with E-state index in [0.29, 0.717) is 23.6 Å². The van der Waals surface area contributed by atoms with Crippen molar-refractivity contribution in [2.24, 2.45) is 0 Å². The van der Waals surface area contributed by atoms with Crippen LogP contribution in [-0.4, -0.2) is 37.9 Å². The molecule has 0 heterocycles. The molecule has 0 spiro atoms. The molecule has 2 amide bonds. The number of alkyl carbamates (subject to hydrolysis) is 1. The van der Waals surface area contributed by atoms with Gasteiger partial charge in [0.1, 0.15) is 17.1 Å². The van der Waals surface area contributed by atoms with E-state index in [4.69, 9.17) is 14.2 Å². The third-order valence-corrected chi connectivity index (χ3v) is 3.39. The van der Waals surface area contributed by atoms with Gasteiger partial charge in [-0.1, -0.05) is 0 Å². The summed E-state index contributed by atoms with van der Waals surface area (Å²) in [6, 6.07) is 3.29. The Balaban J connectivity index is 2.94. The fraction of sp³-hybridized carbons (Fsp3) is 0.526. The predicted octanol–water partition coefficient (Wildman–Crippen LogP) is 3.32.